The van der Waals surface area contributed by atoms with Crippen molar-refractivity contribution < 1.29 is 14.3 Å². The van der Waals surface area contributed by atoms with Crippen molar-refractivity contribution in [2.24, 2.45) is 5.73 Å². The Morgan fingerprint density at radius 1 is 1.59 bits per heavy atom. The first-order valence-electron chi connectivity index (χ1n) is 5.25. The first-order valence-corrected chi connectivity index (χ1v) is 5.63. The van der Waals surface area contributed by atoms with E-state index in [2.05, 4.69) is 5.32 Å². The van der Waals surface area contributed by atoms with Crippen molar-refractivity contribution in [3.8, 4) is 5.75 Å². The van der Waals surface area contributed by atoms with Gasteiger partial charge in [-0.2, -0.15) is 0 Å². The molecule has 0 aliphatic carbocycles. The van der Waals surface area contributed by atoms with Crippen molar-refractivity contribution in [1.82, 2.24) is 5.32 Å². The number of hydrogen-bond donors (Lipinski definition) is 2. The molecule has 1 saturated heterocycles. The number of nitrogens with two attached hydrogens (primary N) is 1. The van der Waals surface area contributed by atoms with E-state index in [0.717, 1.165) is 5.56 Å². The standard InChI is InChI=1S/C11H13ClN2O3/c12-9-3-1-2-7(4-13)10(9)16-6-8-5-14-11(15)17-8/h1-3,8H,4-6,13H2,(H,14,15). The van der Waals surface area contributed by atoms with Gasteiger partial charge < -0.3 is 20.5 Å². The molecule has 6 heteroatoms. The van der Waals surface area contributed by atoms with E-state index in [9.17, 15) is 4.79 Å². The Morgan fingerprint density at radius 3 is 3.06 bits per heavy atom. The summed E-state index contributed by atoms with van der Waals surface area (Å²) in [5.41, 5.74) is 6.42. The van der Waals surface area contributed by atoms with Gasteiger partial charge in [0.25, 0.3) is 0 Å². The van der Waals surface area contributed by atoms with E-state index in [-0.39, 0.29) is 12.7 Å². The maximum absolute atomic E-state index is 10.8. The third-order valence-electron chi connectivity index (χ3n) is 2.43. The highest BCUT2D eigenvalue weighted by Crippen LogP contribution is 2.28. The number of carbonyl (C=O) groups excluding carboxylic acids is 1. The molecule has 0 saturated carbocycles. The highest BCUT2D eigenvalue weighted by atomic mass is 35.5. The third kappa shape index (κ3) is 2.81. The molecule has 0 bridgehead atoms. The van der Waals surface area contributed by atoms with Crippen LogP contribution in [0.5, 0.6) is 5.75 Å². The topological polar surface area (TPSA) is 73.6 Å². The summed E-state index contributed by atoms with van der Waals surface area (Å²) in [6.07, 6.45) is -0.707. The lowest BCUT2D eigenvalue weighted by Crippen LogP contribution is -2.22. The van der Waals surface area contributed by atoms with Crippen LogP contribution in [0.2, 0.25) is 5.02 Å². The number of alkyl carbamates (subject to hydrolysis) is 1. The number of ether oxygens (including phenoxy) is 2. The fourth-order valence-corrected chi connectivity index (χ4v) is 1.83. The first kappa shape index (κ1) is 12.0. The molecular formula is C11H13ClN2O3. The highest BCUT2D eigenvalue weighted by molar-refractivity contribution is 6.32. The predicted octanol–water partition coefficient (Wildman–Crippen LogP) is 1.29. The van der Waals surface area contributed by atoms with Crippen molar-refractivity contribution in [3.05, 3.63) is 28.8 Å². The fourth-order valence-electron chi connectivity index (χ4n) is 1.58. The number of amides is 1. The summed E-state index contributed by atoms with van der Waals surface area (Å²) in [4.78, 5) is 10.8. The average molecular weight is 257 g/mol. The largest absolute Gasteiger partial charge is 0.488 e. The van der Waals surface area contributed by atoms with Gasteiger partial charge in [-0.05, 0) is 6.07 Å². The first-order chi connectivity index (χ1) is 8.20. The van der Waals surface area contributed by atoms with E-state index in [1.54, 1.807) is 6.07 Å². The molecule has 1 fully saturated rings. The van der Waals surface area contributed by atoms with Crippen LogP contribution in [0.1, 0.15) is 5.56 Å². The zero-order valence-corrected chi connectivity index (χ0v) is 9.87. The van der Waals surface area contributed by atoms with Crippen molar-refractivity contribution in [3.63, 3.8) is 0 Å². The molecule has 0 radical (unpaired) electrons. The predicted molar refractivity (Wildman–Crippen MR) is 63.1 cm³/mol. The van der Waals surface area contributed by atoms with Gasteiger partial charge in [-0.15, -0.1) is 0 Å². The molecule has 2 rings (SSSR count). The van der Waals surface area contributed by atoms with E-state index < -0.39 is 6.09 Å². The Labute approximate surface area is 104 Å². The Hall–Kier alpha value is -1.46. The summed E-state index contributed by atoms with van der Waals surface area (Å²) < 4.78 is 10.5. The van der Waals surface area contributed by atoms with E-state index in [4.69, 9.17) is 26.8 Å². The van der Waals surface area contributed by atoms with Crippen LogP contribution in [0.25, 0.3) is 0 Å². The minimum atomic E-state index is -0.420. The molecule has 0 aromatic heterocycles. The molecular weight excluding hydrogens is 244 g/mol. The zero-order chi connectivity index (χ0) is 12.3. The summed E-state index contributed by atoms with van der Waals surface area (Å²) in [6.45, 7) is 1.05. The van der Waals surface area contributed by atoms with Crippen LogP contribution in [0, 0.1) is 0 Å². The Bertz CT molecular complexity index is 425. The van der Waals surface area contributed by atoms with Gasteiger partial charge in [-0.25, -0.2) is 4.79 Å². The summed E-state index contributed by atoms with van der Waals surface area (Å²) in [6, 6.07) is 5.39. The second-order valence-corrected chi connectivity index (χ2v) is 4.06. The fraction of sp³-hybridized carbons (Fsp3) is 0.364. The SMILES string of the molecule is NCc1cccc(Cl)c1OCC1CNC(=O)O1. The number of cyclic esters (lactones) is 1. The number of halogens is 1. The monoisotopic (exact) mass is 256 g/mol. The second-order valence-electron chi connectivity index (χ2n) is 3.65. The van der Waals surface area contributed by atoms with Gasteiger partial charge in [0, 0.05) is 12.1 Å². The van der Waals surface area contributed by atoms with Crippen molar-refractivity contribution >= 4 is 17.7 Å². The molecule has 17 heavy (non-hydrogen) atoms. The van der Waals surface area contributed by atoms with Gasteiger partial charge in [0.2, 0.25) is 0 Å². The molecule has 1 atom stereocenters. The average Bonchev–Trinajstić information content (AvgIpc) is 2.73. The lowest BCUT2D eigenvalue weighted by molar-refractivity contribution is 0.104. The molecule has 1 aliphatic rings. The molecule has 1 heterocycles. The van der Waals surface area contributed by atoms with E-state index in [0.29, 0.717) is 23.9 Å². The van der Waals surface area contributed by atoms with Crippen molar-refractivity contribution in [2.45, 2.75) is 12.6 Å². The quantitative estimate of drug-likeness (QED) is 0.851. The number of para-hydroxylation sites is 1. The van der Waals surface area contributed by atoms with E-state index in [1.165, 1.54) is 0 Å². The van der Waals surface area contributed by atoms with Crippen molar-refractivity contribution in [2.75, 3.05) is 13.2 Å². The van der Waals surface area contributed by atoms with E-state index in [1.807, 2.05) is 12.1 Å². The normalized spacial score (nSPS) is 18.7. The lowest BCUT2D eigenvalue weighted by Gasteiger charge is -2.14. The van der Waals surface area contributed by atoms with E-state index >= 15 is 0 Å². The van der Waals surface area contributed by atoms with Gasteiger partial charge in [0.05, 0.1) is 11.6 Å². The molecule has 1 amide bonds. The number of benzene rings is 1. The van der Waals surface area contributed by atoms with Crippen LogP contribution in [-0.4, -0.2) is 25.3 Å². The van der Waals surface area contributed by atoms with Crippen LogP contribution in [-0.2, 0) is 11.3 Å². The molecule has 0 spiro atoms. The number of carbonyl (C=O) groups is 1. The second kappa shape index (κ2) is 5.25. The molecule has 5 nitrogen and oxygen atoms in total. The van der Waals surface area contributed by atoms with Crippen LogP contribution >= 0.6 is 11.6 Å². The molecule has 92 valence electrons. The molecule has 1 unspecified atom stereocenters. The van der Waals surface area contributed by atoms with Crippen LogP contribution in [0.15, 0.2) is 18.2 Å². The number of hydrogen-bond acceptors (Lipinski definition) is 4. The van der Waals surface area contributed by atoms with Gasteiger partial charge >= 0.3 is 6.09 Å². The van der Waals surface area contributed by atoms with Gasteiger partial charge in [0.15, 0.2) is 6.10 Å². The molecule has 1 aromatic carbocycles. The third-order valence-corrected chi connectivity index (χ3v) is 2.73. The number of rotatable bonds is 4. The van der Waals surface area contributed by atoms with Crippen molar-refractivity contribution in [1.29, 1.82) is 0 Å². The molecule has 1 aromatic rings. The smallest absolute Gasteiger partial charge is 0.407 e. The lowest BCUT2D eigenvalue weighted by atomic mass is 10.2. The van der Waals surface area contributed by atoms with Crippen LogP contribution in [0.4, 0.5) is 4.79 Å². The summed E-state index contributed by atoms with van der Waals surface area (Å²) >= 11 is 6.02. The maximum atomic E-state index is 10.8. The summed E-state index contributed by atoms with van der Waals surface area (Å²) in [5.74, 6) is 0.555. The minimum Gasteiger partial charge on any atom is -0.488 e. The Balaban J connectivity index is 2.01. The zero-order valence-electron chi connectivity index (χ0n) is 9.11. The van der Waals surface area contributed by atoms with Gasteiger partial charge in [-0.1, -0.05) is 23.7 Å². The summed E-state index contributed by atoms with van der Waals surface area (Å²) in [5, 5.41) is 3.06. The molecule has 1 aliphatic heterocycles. The van der Waals surface area contributed by atoms with Crippen LogP contribution in [0.3, 0.4) is 0 Å². The Kier molecular flexibility index (Phi) is 3.71. The maximum Gasteiger partial charge on any atom is 0.407 e. The highest BCUT2D eigenvalue weighted by Gasteiger charge is 2.23. The van der Waals surface area contributed by atoms with Gasteiger partial charge in [-0.3, -0.25) is 0 Å². The Morgan fingerprint density at radius 2 is 2.41 bits per heavy atom. The summed E-state index contributed by atoms with van der Waals surface area (Å²) in [7, 11) is 0. The molecule has 3 N–H and O–H groups in total. The van der Waals surface area contributed by atoms with Gasteiger partial charge in [0.1, 0.15) is 12.4 Å². The van der Waals surface area contributed by atoms with Crippen LogP contribution < -0.4 is 15.8 Å². The minimum absolute atomic E-state index is 0.259. The number of nitrogens with one attached hydrogen (secondary N) is 1.